The number of esters is 2. The molecular weight excluding hydrogens is 232 g/mol. The van der Waals surface area contributed by atoms with Crippen LogP contribution in [0, 0.1) is 11.8 Å². The zero-order valence-electron chi connectivity index (χ0n) is 11.8. The van der Waals surface area contributed by atoms with Crippen LogP contribution in [0.1, 0.15) is 53.4 Å². The molecule has 0 aromatic rings. The van der Waals surface area contributed by atoms with Gasteiger partial charge in [-0.2, -0.15) is 0 Å². The first-order chi connectivity index (χ1) is 8.45. The third kappa shape index (κ3) is 9.87. The van der Waals surface area contributed by atoms with Gasteiger partial charge in [0.15, 0.2) is 0 Å². The average Bonchev–Trinajstić information content (AvgIpc) is 2.31. The highest BCUT2D eigenvalue weighted by Gasteiger charge is 2.07. The second-order valence-corrected chi connectivity index (χ2v) is 4.90. The highest BCUT2D eigenvalue weighted by atomic mass is 16.6. The van der Waals surface area contributed by atoms with Crippen LogP contribution in [0.4, 0.5) is 0 Å². The molecule has 4 heteroatoms. The molecule has 0 rings (SSSR count). The molecule has 0 bridgehead atoms. The fourth-order valence-corrected chi connectivity index (χ4v) is 1.15. The molecule has 1 unspecified atom stereocenters. The van der Waals surface area contributed by atoms with Crippen LogP contribution < -0.4 is 0 Å². The van der Waals surface area contributed by atoms with Crippen molar-refractivity contribution in [1.29, 1.82) is 0 Å². The molecule has 4 nitrogen and oxygen atoms in total. The molecule has 104 valence electrons. The Bertz CT molecular complexity index is 282. The van der Waals surface area contributed by atoms with E-state index in [-0.39, 0.29) is 11.9 Å². The molecule has 0 aliphatic carbocycles. The Morgan fingerprint density at radius 2 is 1.61 bits per heavy atom. The minimum absolute atomic E-state index is 0.305. The number of hydrogen-bond acceptors (Lipinski definition) is 4. The van der Waals surface area contributed by atoms with Crippen LogP contribution in [0.2, 0.25) is 0 Å². The summed E-state index contributed by atoms with van der Waals surface area (Å²) in [7, 11) is 0. The highest BCUT2D eigenvalue weighted by Crippen LogP contribution is 2.07. The quantitative estimate of drug-likeness (QED) is 0.493. The standard InChI is InChI=1S/C14H24O4/c1-5-12(4)10-14(16)18-9-8-17-13(15)7-6-11(2)3/h8-9,11-12H,5-7,10H2,1-4H3/b9-8-. The van der Waals surface area contributed by atoms with Gasteiger partial charge < -0.3 is 9.47 Å². The molecule has 0 saturated carbocycles. The molecule has 18 heavy (non-hydrogen) atoms. The average molecular weight is 256 g/mol. The van der Waals surface area contributed by atoms with Crippen LogP contribution >= 0.6 is 0 Å². The summed E-state index contributed by atoms with van der Waals surface area (Å²) in [5, 5.41) is 0. The minimum Gasteiger partial charge on any atom is -0.431 e. The van der Waals surface area contributed by atoms with Gasteiger partial charge in [0.1, 0.15) is 12.5 Å². The van der Waals surface area contributed by atoms with Crippen LogP contribution in [0.3, 0.4) is 0 Å². The van der Waals surface area contributed by atoms with Crippen molar-refractivity contribution in [2.45, 2.75) is 53.4 Å². The number of hydrogen-bond donors (Lipinski definition) is 0. The van der Waals surface area contributed by atoms with E-state index in [9.17, 15) is 9.59 Å². The molecule has 0 saturated heterocycles. The number of rotatable bonds is 8. The van der Waals surface area contributed by atoms with Gasteiger partial charge in [-0.05, 0) is 18.3 Å². The van der Waals surface area contributed by atoms with Gasteiger partial charge in [0.25, 0.3) is 0 Å². The number of carbonyl (C=O) groups excluding carboxylic acids is 2. The van der Waals surface area contributed by atoms with Crippen molar-refractivity contribution in [3.63, 3.8) is 0 Å². The Hall–Kier alpha value is -1.32. The summed E-state index contributed by atoms with van der Waals surface area (Å²) >= 11 is 0. The summed E-state index contributed by atoms with van der Waals surface area (Å²) in [6.45, 7) is 8.08. The second kappa shape index (κ2) is 9.68. The largest absolute Gasteiger partial charge is 0.431 e. The third-order valence-electron chi connectivity index (χ3n) is 2.59. The Morgan fingerprint density at radius 3 is 2.11 bits per heavy atom. The lowest BCUT2D eigenvalue weighted by Gasteiger charge is -2.05. The van der Waals surface area contributed by atoms with E-state index in [0.29, 0.717) is 24.7 Å². The zero-order chi connectivity index (χ0) is 14.0. The topological polar surface area (TPSA) is 52.6 Å². The Kier molecular flexibility index (Phi) is 8.97. The SMILES string of the molecule is CCC(C)CC(=O)O/C=C\OC(=O)CCC(C)C. The molecular formula is C14H24O4. The maximum absolute atomic E-state index is 11.3. The van der Waals surface area contributed by atoms with Crippen LogP contribution in [0.5, 0.6) is 0 Å². The molecule has 0 amide bonds. The fourth-order valence-electron chi connectivity index (χ4n) is 1.15. The van der Waals surface area contributed by atoms with Crippen molar-refractivity contribution >= 4 is 11.9 Å². The van der Waals surface area contributed by atoms with E-state index in [1.807, 2.05) is 27.7 Å². The van der Waals surface area contributed by atoms with Gasteiger partial charge >= 0.3 is 11.9 Å². The van der Waals surface area contributed by atoms with Crippen molar-refractivity contribution in [3.8, 4) is 0 Å². The number of ether oxygens (including phenoxy) is 2. The molecule has 0 heterocycles. The summed E-state index contributed by atoms with van der Waals surface area (Å²) in [6, 6.07) is 0. The van der Waals surface area contributed by atoms with Gasteiger partial charge in [-0.15, -0.1) is 0 Å². The summed E-state index contributed by atoms with van der Waals surface area (Å²) in [5.74, 6) is 0.158. The summed E-state index contributed by atoms with van der Waals surface area (Å²) < 4.78 is 9.57. The maximum Gasteiger partial charge on any atom is 0.310 e. The first kappa shape index (κ1) is 16.7. The lowest BCUT2D eigenvalue weighted by molar-refractivity contribution is -0.141. The van der Waals surface area contributed by atoms with E-state index in [1.165, 1.54) is 0 Å². The third-order valence-corrected chi connectivity index (χ3v) is 2.59. The van der Waals surface area contributed by atoms with E-state index in [0.717, 1.165) is 25.4 Å². The van der Waals surface area contributed by atoms with Gasteiger partial charge in [-0.1, -0.05) is 34.1 Å². The monoisotopic (exact) mass is 256 g/mol. The predicted molar refractivity (Wildman–Crippen MR) is 69.5 cm³/mol. The van der Waals surface area contributed by atoms with Crippen molar-refractivity contribution in [1.82, 2.24) is 0 Å². The Labute approximate surface area is 109 Å². The second-order valence-electron chi connectivity index (χ2n) is 4.90. The van der Waals surface area contributed by atoms with Crippen molar-refractivity contribution < 1.29 is 19.1 Å². The summed E-state index contributed by atoms with van der Waals surface area (Å²) in [4.78, 5) is 22.5. The normalized spacial score (nSPS) is 12.7. The Balaban J connectivity index is 3.70. The molecule has 0 aliphatic rings. The lowest BCUT2D eigenvalue weighted by Crippen LogP contribution is -2.06. The van der Waals surface area contributed by atoms with Crippen LogP contribution in [0.25, 0.3) is 0 Å². The van der Waals surface area contributed by atoms with E-state index in [2.05, 4.69) is 0 Å². The van der Waals surface area contributed by atoms with E-state index >= 15 is 0 Å². The van der Waals surface area contributed by atoms with Crippen LogP contribution in [0.15, 0.2) is 12.5 Å². The molecule has 0 aromatic heterocycles. The highest BCUT2D eigenvalue weighted by molar-refractivity contribution is 5.71. The van der Waals surface area contributed by atoms with Crippen LogP contribution in [-0.2, 0) is 19.1 Å². The first-order valence-electron chi connectivity index (χ1n) is 6.49. The van der Waals surface area contributed by atoms with E-state index < -0.39 is 0 Å². The van der Waals surface area contributed by atoms with Crippen molar-refractivity contribution in [3.05, 3.63) is 12.5 Å². The summed E-state index contributed by atoms with van der Waals surface area (Å²) in [6.07, 6.45) is 4.73. The Morgan fingerprint density at radius 1 is 1.06 bits per heavy atom. The lowest BCUT2D eigenvalue weighted by atomic mass is 10.1. The minimum atomic E-state index is -0.307. The van der Waals surface area contributed by atoms with Crippen LogP contribution in [-0.4, -0.2) is 11.9 Å². The van der Waals surface area contributed by atoms with Crippen molar-refractivity contribution in [2.75, 3.05) is 0 Å². The van der Waals surface area contributed by atoms with E-state index in [1.54, 1.807) is 0 Å². The molecule has 0 aliphatic heterocycles. The molecule has 0 aromatic carbocycles. The predicted octanol–water partition coefficient (Wildman–Crippen LogP) is 3.42. The molecule has 0 radical (unpaired) electrons. The summed E-state index contributed by atoms with van der Waals surface area (Å²) in [5.41, 5.74) is 0. The van der Waals surface area contributed by atoms with E-state index in [4.69, 9.17) is 9.47 Å². The first-order valence-corrected chi connectivity index (χ1v) is 6.49. The number of carbonyl (C=O) groups is 2. The van der Waals surface area contributed by atoms with Gasteiger partial charge in [0.05, 0.1) is 0 Å². The molecule has 0 fully saturated rings. The molecule has 0 spiro atoms. The smallest absolute Gasteiger partial charge is 0.310 e. The van der Waals surface area contributed by atoms with Crippen molar-refractivity contribution in [2.24, 2.45) is 11.8 Å². The van der Waals surface area contributed by atoms with Gasteiger partial charge in [-0.3, -0.25) is 9.59 Å². The maximum atomic E-state index is 11.3. The fraction of sp³-hybridized carbons (Fsp3) is 0.714. The van der Waals surface area contributed by atoms with Gasteiger partial charge in [-0.25, -0.2) is 0 Å². The molecule has 0 N–H and O–H groups in total. The zero-order valence-corrected chi connectivity index (χ0v) is 11.8. The molecule has 1 atom stereocenters. The van der Waals surface area contributed by atoms with Gasteiger partial charge in [0, 0.05) is 12.8 Å². The van der Waals surface area contributed by atoms with Gasteiger partial charge in [0.2, 0.25) is 0 Å².